The van der Waals surface area contributed by atoms with E-state index >= 15 is 0 Å². The summed E-state index contributed by atoms with van der Waals surface area (Å²) < 4.78 is 10.8. The number of ether oxygens (including phenoxy) is 2. The normalized spacial score (nSPS) is 12.0. The van der Waals surface area contributed by atoms with E-state index in [2.05, 4.69) is 133 Å². The summed E-state index contributed by atoms with van der Waals surface area (Å²) in [6, 6.07) is 47.0. The Balaban J connectivity index is 0.000000164. The van der Waals surface area contributed by atoms with Crippen LogP contribution in [0.2, 0.25) is 0 Å². The van der Waals surface area contributed by atoms with Gasteiger partial charge in [0.1, 0.15) is 12.2 Å². The second-order valence-electron chi connectivity index (χ2n) is 15.8. The Morgan fingerprint density at radius 2 is 0.930 bits per heavy atom. The van der Waals surface area contributed by atoms with Gasteiger partial charge in [0.25, 0.3) is 0 Å². The summed E-state index contributed by atoms with van der Waals surface area (Å²) in [5, 5.41) is 32.2. The highest BCUT2D eigenvalue weighted by atomic mass is 16.6. The molecule has 0 saturated carbocycles. The molecule has 0 aromatic heterocycles. The predicted octanol–water partition coefficient (Wildman–Crippen LogP) is 12.3. The van der Waals surface area contributed by atoms with Crippen molar-refractivity contribution in [3.63, 3.8) is 0 Å². The lowest BCUT2D eigenvalue weighted by atomic mass is 9.88. The fraction of sp³-hybridized carbons (Fsp3) is 0.176. The summed E-state index contributed by atoms with van der Waals surface area (Å²) in [6.45, 7) is 6.08. The molecule has 0 bridgehead atoms. The van der Waals surface area contributed by atoms with E-state index in [0.29, 0.717) is 13.0 Å². The first kappa shape index (κ1) is 36.2. The van der Waals surface area contributed by atoms with E-state index in [4.69, 9.17) is 9.47 Å². The molecular formula is C51H43NO5. The molecule has 2 N–H and O–H groups in total. The third-order valence-corrected chi connectivity index (χ3v) is 11.0. The average molecular weight is 750 g/mol. The van der Waals surface area contributed by atoms with Crippen LogP contribution in [-0.4, -0.2) is 29.3 Å². The van der Waals surface area contributed by atoms with Gasteiger partial charge in [0, 0.05) is 13.0 Å². The van der Waals surface area contributed by atoms with Crippen molar-refractivity contribution in [3.8, 4) is 0 Å². The molecule has 10 rings (SSSR count). The van der Waals surface area contributed by atoms with Crippen LogP contribution in [0.3, 0.4) is 0 Å². The molecule has 6 nitrogen and oxygen atoms in total. The van der Waals surface area contributed by atoms with Gasteiger partial charge in [0.05, 0.1) is 6.61 Å². The number of carbonyl (C=O) groups excluding carboxylic acids is 2. The van der Waals surface area contributed by atoms with Crippen LogP contribution in [0.1, 0.15) is 44.7 Å². The Morgan fingerprint density at radius 1 is 0.526 bits per heavy atom. The highest BCUT2D eigenvalue weighted by molar-refractivity contribution is 6.34. The van der Waals surface area contributed by atoms with Gasteiger partial charge in [-0.05, 0) is 124 Å². The van der Waals surface area contributed by atoms with Crippen LogP contribution in [0.5, 0.6) is 0 Å². The molecule has 0 atom stereocenters. The number of benzene rings is 10. The number of fused-ring (bicyclic) bond motifs is 4. The molecule has 10 aromatic rings. The maximum Gasteiger partial charge on any atom is 0.407 e. The number of nitrogens with one attached hydrogen (secondary N) is 1. The van der Waals surface area contributed by atoms with Crippen molar-refractivity contribution < 1.29 is 24.2 Å². The van der Waals surface area contributed by atoms with Gasteiger partial charge in [-0.25, -0.2) is 4.79 Å². The van der Waals surface area contributed by atoms with Gasteiger partial charge in [0.2, 0.25) is 0 Å². The molecular weight excluding hydrogens is 707 g/mol. The van der Waals surface area contributed by atoms with Crippen molar-refractivity contribution in [1.29, 1.82) is 0 Å². The third-order valence-electron chi connectivity index (χ3n) is 11.0. The average Bonchev–Trinajstić information content (AvgIpc) is 3.22. The Hall–Kier alpha value is -6.50. The summed E-state index contributed by atoms with van der Waals surface area (Å²) in [5.74, 6) is -0.286. The van der Waals surface area contributed by atoms with Crippen molar-refractivity contribution in [3.05, 3.63) is 145 Å². The highest BCUT2D eigenvalue weighted by Crippen LogP contribution is 2.42. The molecule has 0 aliphatic heterocycles. The van der Waals surface area contributed by atoms with Crippen LogP contribution in [-0.2, 0) is 27.5 Å². The van der Waals surface area contributed by atoms with E-state index in [1.807, 2.05) is 26.8 Å². The minimum Gasteiger partial charge on any atom is -0.461 e. The van der Waals surface area contributed by atoms with E-state index in [9.17, 15) is 14.7 Å². The largest absolute Gasteiger partial charge is 0.461 e. The van der Waals surface area contributed by atoms with Crippen molar-refractivity contribution in [2.24, 2.45) is 0 Å². The number of aliphatic hydroxyl groups excluding tert-OH is 1. The zero-order chi connectivity index (χ0) is 39.3. The molecule has 0 spiro atoms. The monoisotopic (exact) mass is 749 g/mol. The van der Waals surface area contributed by atoms with Gasteiger partial charge >= 0.3 is 12.1 Å². The summed E-state index contributed by atoms with van der Waals surface area (Å²) in [6.07, 6.45) is 0.238. The molecule has 0 aliphatic rings. The molecule has 6 heteroatoms. The maximum absolute atomic E-state index is 12.4. The Labute approximate surface area is 330 Å². The van der Waals surface area contributed by atoms with Crippen LogP contribution in [0.15, 0.2) is 133 Å². The van der Waals surface area contributed by atoms with E-state index in [1.165, 1.54) is 75.4 Å². The molecule has 0 unspecified atom stereocenters. The van der Waals surface area contributed by atoms with Crippen molar-refractivity contribution >= 4 is 98.2 Å². The minimum atomic E-state index is -0.545. The zero-order valence-electron chi connectivity index (χ0n) is 32.3. The van der Waals surface area contributed by atoms with Gasteiger partial charge in [0.15, 0.2) is 0 Å². The molecule has 0 saturated heterocycles. The van der Waals surface area contributed by atoms with Crippen LogP contribution < -0.4 is 5.32 Å². The van der Waals surface area contributed by atoms with Gasteiger partial charge in [-0.3, -0.25) is 4.79 Å². The van der Waals surface area contributed by atoms with Crippen LogP contribution in [0.4, 0.5) is 4.79 Å². The smallest absolute Gasteiger partial charge is 0.407 e. The fourth-order valence-corrected chi connectivity index (χ4v) is 8.64. The van der Waals surface area contributed by atoms with Crippen molar-refractivity contribution in [1.82, 2.24) is 5.32 Å². The molecule has 0 heterocycles. The number of rotatable bonds is 7. The van der Waals surface area contributed by atoms with E-state index in [0.717, 1.165) is 21.9 Å². The molecule has 0 aliphatic carbocycles. The third kappa shape index (κ3) is 6.56. The first-order valence-corrected chi connectivity index (χ1v) is 19.6. The summed E-state index contributed by atoms with van der Waals surface area (Å²) >= 11 is 0. The predicted molar refractivity (Wildman–Crippen MR) is 234 cm³/mol. The summed E-state index contributed by atoms with van der Waals surface area (Å²) in [7, 11) is 0. The number of esters is 1. The summed E-state index contributed by atoms with van der Waals surface area (Å²) in [4.78, 5) is 24.1. The molecule has 0 fully saturated rings. The maximum atomic E-state index is 12.4. The molecule has 1 amide bonds. The number of aliphatic hydroxyl groups is 1. The molecule has 0 radical (unpaired) electrons. The Bertz CT molecular complexity index is 3020. The van der Waals surface area contributed by atoms with Gasteiger partial charge in [-0.2, -0.15) is 0 Å². The lowest BCUT2D eigenvalue weighted by molar-refractivity contribution is -0.145. The lowest BCUT2D eigenvalue weighted by Crippen LogP contribution is -2.33. The van der Waals surface area contributed by atoms with Gasteiger partial charge in [-0.1, -0.05) is 133 Å². The van der Waals surface area contributed by atoms with E-state index in [-0.39, 0.29) is 25.6 Å². The van der Waals surface area contributed by atoms with Crippen LogP contribution >= 0.6 is 0 Å². The molecule has 10 aromatic carbocycles. The lowest BCUT2D eigenvalue weighted by Gasteiger charge is -2.19. The van der Waals surface area contributed by atoms with Gasteiger partial charge in [-0.15, -0.1) is 0 Å². The number of amides is 1. The van der Waals surface area contributed by atoms with Crippen LogP contribution in [0, 0.1) is 0 Å². The number of alkyl carbamates (subject to hydrolysis) is 1. The number of carbonyl (C=O) groups is 2. The fourth-order valence-electron chi connectivity index (χ4n) is 8.64. The first-order chi connectivity index (χ1) is 27.7. The number of hydrogen-bond acceptors (Lipinski definition) is 5. The second-order valence-corrected chi connectivity index (χ2v) is 15.8. The van der Waals surface area contributed by atoms with Crippen molar-refractivity contribution in [2.45, 2.75) is 52.4 Å². The number of hydrogen-bond donors (Lipinski definition) is 2. The Kier molecular flexibility index (Phi) is 9.22. The Morgan fingerprint density at radius 3 is 1.40 bits per heavy atom. The van der Waals surface area contributed by atoms with Crippen LogP contribution in [0.25, 0.3) is 86.2 Å². The standard InChI is InChI=1S/C30H29NO4.C21H14O/c1-30(2,3)35-29(33)31-17-7-14-26(32)34-18-20-15-16-25-23-12-5-9-19-8-4-11-22(27(19)23)24-13-6-10-21(20)28(24)25;22-12-14-10-11-19-17-8-2-5-13-4-1-7-16(20(13)17)18-9-3-6-15(14)21(18)19/h4-6,8-13,15-16H,7,14,17-18H2,1-3H3,(H,31,33);1-11,22H,12H2. The topological polar surface area (TPSA) is 84.9 Å². The zero-order valence-corrected chi connectivity index (χ0v) is 32.3. The highest BCUT2D eigenvalue weighted by Gasteiger charge is 2.18. The second kappa shape index (κ2) is 14.5. The van der Waals surface area contributed by atoms with E-state index < -0.39 is 11.7 Å². The minimum absolute atomic E-state index is 0.0755. The molecule has 282 valence electrons. The first-order valence-electron chi connectivity index (χ1n) is 19.6. The SMILES string of the molecule is CC(C)(C)OC(=O)NCCCC(=O)OCc1ccc2c3cccc4cccc(c5cccc1c52)c43.OCc1ccc2c3cccc4cccc(c5cccc1c52)c43. The summed E-state index contributed by atoms with van der Waals surface area (Å²) in [5.41, 5.74) is 1.43. The van der Waals surface area contributed by atoms with Crippen molar-refractivity contribution in [2.75, 3.05) is 6.54 Å². The van der Waals surface area contributed by atoms with E-state index in [1.54, 1.807) is 0 Å². The quantitative estimate of drug-likeness (QED) is 0.0733. The molecule has 57 heavy (non-hydrogen) atoms. The van der Waals surface area contributed by atoms with Gasteiger partial charge < -0.3 is 19.9 Å².